The van der Waals surface area contributed by atoms with Gasteiger partial charge in [-0.05, 0) is 43.9 Å². The molecule has 96 valence electrons. The van der Waals surface area contributed by atoms with Crippen LogP contribution in [0.1, 0.15) is 24.8 Å². The van der Waals surface area contributed by atoms with Crippen molar-refractivity contribution < 1.29 is 15.2 Å². The monoisotopic (exact) mass is 238 g/mol. The largest absolute Gasteiger partial charge is 0.494 e. The number of quaternary nitrogens is 1. The number of benzene rings is 1. The number of hydrogen-bond donors (Lipinski definition) is 2. The highest BCUT2D eigenvalue weighted by Crippen LogP contribution is 2.12. The third-order valence-corrected chi connectivity index (χ3v) is 2.64. The van der Waals surface area contributed by atoms with E-state index in [1.807, 2.05) is 12.1 Å². The summed E-state index contributed by atoms with van der Waals surface area (Å²) in [6, 6.07) is 8.16. The van der Waals surface area contributed by atoms with Crippen molar-refractivity contribution >= 4 is 0 Å². The summed E-state index contributed by atoms with van der Waals surface area (Å²) in [5, 5.41) is 10.8. The molecule has 0 aliphatic rings. The third kappa shape index (κ3) is 6.97. The zero-order valence-electron chi connectivity index (χ0n) is 10.7. The van der Waals surface area contributed by atoms with Crippen molar-refractivity contribution in [1.29, 1.82) is 0 Å². The number of hydrogen-bond acceptors (Lipinski definition) is 2. The maximum absolute atomic E-state index is 8.60. The van der Waals surface area contributed by atoms with E-state index in [4.69, 9.17) is 9.84 Å². The molecule has 0 heterocycles. The predicted molar refractivity (Wildman–Crippen MR) is 69.3 cm³/mol. The van der Waals surface area contributed by atoms with Gasteiger partial charge in [0.25, 0.3) is 0 Å². The van der Waals surface area contributed by atoms with Crippen LogP contribution in [0.5, 0.6) is 5.75 Å². The number of nitrogens with two attached hydrogens (primary N) is 1. The Balaban J connectivity index is 1.97. The molecule has 3 nitrogen and oxygen atoms in total. The Morgan fingerprint density at radius 1 is 1.18 bits per heavy atom. The van der Waals surface area contributed by atoms with Gasteiger partial charge in [-0.3, -0.25) is 0 Å². The minimum atomic E-state index is 0.274. The van der Waals surface area contributed by atoms with Crippen LogP contribution in [0.3, 0.4) is 0 Å². The molecule has 0 fully saturated rings. The SMILES string of the molecule is Cc1cccc(OCCCCC[NH2+]CCO)c1. The number of ether oxygens (including phenoxy) is 1. The van der Waals surface area contributed by atoms with Crippen LogP contribution in [0.2, 0.25) is 0 Å². The van der Waals surface area contributed by atoms with Crippen molar-refractivity contribution in [2.75, 3.05) is 26.3 Å². The Kier molecular flexibility index (Phi) is 7.43. The van der Waals surface area contributed by atoms with Crippen LogP contribution in [-0.4, -0.2) is 31.4 Å². The maximum atomic E-state index is 8.60. The van der Waals surface area contributed by atoms with Crippen molar-refractivity contribution in [3.05, 3.63) is 29.8 Å². The van der Waals surface area contributed by atoms with Crippen LogP contribution in [0, 0.1) is 6.92 Å². The minimum Gasteiger partial charge on any atom is -0.494 e. The molecule has 0 radical (unpaired) electrons. The first-order chi connectivity index (χ1) is 8.33. The number of aliphatic hydroxyl groups excluding tert-OH is 1. The first-order valence-electron chi connectivity index (χ1n) is 6.45. The molecule has 0 amide bonds. The summed E-state index contributed by atoms with van der Waals surface area (Å²) in [6.45, 7) is 5.06. The summed E-state index contributed by atoms with van der Waals surface area (Å²) < 4.78 is 5.66. The van der Waals surface area contributed by atoms with Gasteiger partial charge in [0.05, 0.1) is 26.3 Å². The molecule has 1 rings (SSSR count). The molecule has 0 atom stereocenters. The number of rotatable bonds is 9. The highest BCUT2D eigenvalue weighted by atomic mass is 16.5. The Morgan fingerprint density at radius 3 is 2.82 bits per heavy atom. The average molecular weight is 238 g/mol. The highest BCUT2D eigenvalue weighted by molar-refractivity contribution is 5.27. The van der Waals surface area contributed by atoms with Crippen LogP contribution in [0.15, 0.2) is 24.3 Å². The average Bonchev–Trinajstić information content (AvgIpc) is 2.33. The van der Waals surface area contributed by atoms with E-state index in [1.54, 1.807) is 0 Å². The van der Waals surface area contributed by atoms with E-state index >= 15 is 0 Å². The summed E-state index contributed by atoms with van der Waals surface area (Å²) in [5.74, 6) is 0.969. The van der Waals surface area contributed by atoms with Crippen molar-refractivity contribution in [2.24, 2.45) is 0 Å². The van der Waals surface area contributed by atoms with Crippen molar-refractivity contribution in [2.45, 2.75) is 26.2 Å². The highest BCUT2D eigenvalue weighted by Gasteiger charge is 1.95. The lowest BCUT2D eigenvalue weighted by Crippen LogP contribution is -2.85. The fraction of sp³-hybridized carbons (Fsp3) is 0.571. The van der Waals surface area contributed by atoms with Gasteiger partial charge in [0.1, 0.15) is 5.75 Å². The minimum absolute atomic E-state index is 0.274. The fourth-order valence-corrected chi connectivity index (χ4v) is 1.70. The lowest BCUT2D eigenvalue weighted by molar-refractivity contribution is -0.656. The van der Waals surface area contributed by atoms with Crippen molar-refractivity contribution in [3.63, 3.8) is 0 Å². The summed E-state index contributed by atoms with van der Waals surface area (Å²) in [6.07, 6.45) is 3.48. The van der Waals surface area contributed by atoms with E-state index in [2.05, 4.69) is 24.4 Å². The van der Waals surface area contributed by atoms with E-state index in [0.717, 1.165) is 31.9 Å². The normalized spacial score (nSPS) is 10.5. The third-order valence-electron chi connectivity index (χ3n) is 2.64. The molecular weight excluding hydrogens is 214 g/mol. The molecule has 0 saturated heterocycles. The molecule has 0 spiro atoms. The van der Waals surface area contributed by atoms with Crippen LogP contribution in [0.25, 0.3) is 0 Å². The topological polar surface area (TPSA) is 46.1 Å². The second kappa shape index (κ2) is 9.02. The lowest BCUT2D eigenvalue weighted by Gasteiger charge is -2.06. The molecule has 1 aromatic carbocycles. The molecule has 17 heavy (non-hydrogen) atoms. The second-order valence-electron chi connectivity index (χ2n) is 4.32. The number of unbranched alkanes of at least 4 members (excludes halogenated alkanes) is 2. The summed E-state index contributed by atoms with van der Waals surface area (Å²) >= 11 is 0. The Morgan fingerprint density at radius 2 is 2.06 bits per heavy atom. The van der Waals surface area contributed by atoms with E-state index < -0.39 is 0 Å². The quantitative estimate of drug-likeness (QED) is 0.633. The van der Waals surface area contributed by atoms with E-state index in [9.17, 15) is 0 Å². The van der Waals surface area contributed by atoms with Crippen LogP contribution in [0.4, 0.5) is 0 Å². The molecule has 0 aliphatic carbocycles. The zero-order chi connectivity index (χ0) is 12.3. The van der Waals surface area contributed by atoms with Gasteiger partial charge in [0.2, 0.25) is 0 Å². The van der Waals surface area contributed by atoms with Gasteiger partial charge in [-0.15, -0.1) is 0 Å². The molecular formula is C14H24NO2+. The van der Waals surface area contributed by atoms with Crippen molar-refractivity contribution in [1.82, 2.24) is 0 Å². The number of aliphatic hydroxyl groups is 1. The second-order valence-corrected chi connectivity index (χ2v) is 4.32. The van der Waals surface area contributed by atoms with E-state index in [1.165, 1.54) is 18.4 Å². The Hall–Kier alpha value is -1.06. The van der Waals surface area contributed by atoms with Gasteiger partial charge < -0.3 is 15.2 Å². The first kappa shape index (κ1) is 14.0. The predicted octanol–water partition coefficient (Wildman–Crippen LogP) is 1.10. The van der Waals surface area contributed by atoms with Crippen LogP contribution in [-0.2, 0) is 0 Å². The van der Waals surface area contributed by atoms with Crippen molar-refractivity contribution in [3.8, 4) is 5.75 Å². The van der Waals surface area contributed by atoms with Gasteiger partial charge in [0.15, 0.2) is 0 Å². The standard InChI is InChI=1S/C14H23NO2/c1-13-6-5-7-14(12-13)17-11-4-2-3-8-15-9-10-16/h5-7,12,15-16H,2-4,8-11H2,1H3/p+1. The van der Waals surface area contributed by atoms with Gasteiger partial charge in [-0.2, -0.15) is 0 Å². The van der Waals surface area contributed by atoms with Crippen LogP contribution < -0.4 is 10.1 Å². The fourth-order valence-electron chi connectivity index (χ4n) is 1.70. The van der Waals surface area contributed by atoms with E-state index in [0.29, 0.717) is 0 Å². The smallest absolute Gasteiger partial charge is 0.119 e. The van der Waals surface area contributed by atoms with Gasteiger partial charge in [-0.1, -0.05) is 12.1 Å². The zero-order valence-corrected chi connectivity index (χ0v) is 10.7. The summed E-state index contributed by atoms with van der Waals surface area (Å²) in [7, 11) is 0. The maximum Gasteiger partial charge on any atom is 0.119 e. The molecule has 0 aromatic heterocycles. The summed E-state index contributed by atoms with van der Waals surface area (Å²) in [4.78, 5) is 0. The molecule has 3 N–H and O–H groups in total. The van der Waals surface area contributed by atoms with Gasteiger partial charge in [0, 0.05) is 0 Å². The molecule has 1 aromatic rings. The summed E-state index contributed by atoms with van der Waals surface area (Å²) in [5.41, 5.74) is 1.24. The number of aryl methyl sites for hydroxylation is 1. The van der Waals surface area contributed by atoms with E-state index in [-0.39, 0.29) is 6.61 Å². The molecule has 0 bridgehead atoms. The Labute approximate surface area is 104 Å². The van der Waals surface area contributed by atoms with Gasteiger partial charge >= 0.3 is 0 Å². The van der Waals surface area contributed by atoms with Gasteiger partial charge in [-0.25, -0.2) is 0 Å². The first-order valence-corrected chi connectivity index (χ1v) is 6.45. The molecule has 0 aliphatic heterocycles. The molecule has 0 saturated carbocycles. The molecule has 0 unspecified atom stereocenters. The Bertz CT molecular complexity index is 302. The molecule has 3 heteroatoms. The van der Waals surface area contributed by atoms with Crippen LogP contribution >= 0.6 is 0 Å². The lowest BCUT2D eigenvalue weighted by atomic mass is 10.2.